The van der Waals surface area contributed by atoms with Crippen LogP contribution in [0.3, 0.4) is 0 Å². The van der Waals surface area contributed by atoms with E-state index in [-0.39, 0.29) is 0 Å². The van der Waals surface area contributed by atoms with Crippen LogP contribution in [0.25, 0.3) is 12.2 Å². The van der Waals surface area contributed by atoms with Crippen LogP contribution in [0.15, 0.2) is 78.9 Å². The highest BCUT2D eigenvalue weighted by molar-refractivity contribution is 5.74. The quantitative estimate of drug-likeness (QED) is 0.661. The average molecular weight is 334 g/mol. The van der Waals surface area contributed by atoms with Crippen molar-refractivity contribution in [2.75, 3.05) is 14.2 Å². The fourth-order valence-corrected chi connectivity index (χ4v) is 2.22. The minimum atomic E-state index is 0.322. The molecule has 3 aromatic carbocycles. The van der Waals surface area contributed by atoms with E-state index >= 15 is 0 Å². The number of phenolic OH excluding ortho intramolecular Hbond substituents is 1. The van der Waals surface area contributed by atoms with Gasteiger partial charge in [-0.3, -0.25) is 0 Å². The first-order valence-electron chi connectivity index (χ1n) is 7.92. The summed E-state index contributed by atoms with van der Waals surface area (Å²) in [7, 11) is 3.29. The van der Waals surface area contributed by atoms with Crippen LogP contribution in [0.2, 0.25) is 0 Å². The summed E-state index contributed by atoms with van der Waals surface area (Å²) in [6.07, 6.45) is 4.08. The van der Waals surface area contributed by atoms with E-state index in [0.717, 1.165) is 22.6 Å². The van der Waals surface area contributed by atoms with E-state index in [1.54, 1.807) is 38.5 Å². The monoisotopic (exact) mass is 334 g/mol. The Morgan fingerprint density at radius 3 is 1.84 bits per heavy atom. The lowest BCUT2D eigenvalue weighted by molar-refractivity contribution is 0.354. The van der Waals surface area contributed by atoms with Gasteiger partial charge in [0.1, 0.15) is 5.75 Å². The topological polar surface area (TPSA) is 38.7 Å². The summed E-state index contributed by atoms with van der Waals surface area (Å²) in [5, 5.41) is 8.63. The molecule has 3 aromatic rings. The highest BCUT2D eigenvalue weighted by Crippen LogP contribution is 2.31. The Kier molecular flexibility index (Phi) is 7.13. The second-order valence-corrected chi connectivity index (χ2v) is 5.16. The minimum Gasteiger partial charge on any atom is -0.508 e. The first-order valence-corrected chi connectivity index (χ1v) is 7.92. The molecule has 0 fully saturated rings. The van der Waals surface area contributed by atoms with E-state index < -0.39 is 0 Å². The zero-order valence-corrected chi connectivity index (χ0v) is 14.4. The molecule has 0 saturated carbocycles. The summed E-state index contributed by atoms with van der Waals surface area (Å²) in [6, 6.07) is 24.7. The fraction of sp³-hybridized carbons (Fsp3) is 0.0909. The Hall–Kier alpha value is -3.20. The molecule has 128 valence electrons. The molecular weight excluding hydrogens is 312 g/mol. The van der Waals surface area contributed by atoms with Crippen molar-refractivity contribution in [1.29, 1.82) is 0 Å². The van der Waals surface area contributed by atoms with E-state index in [1.165, 1.54) is 0 Å². The largest absolute Gasteiger partial charge is 0.508 e. The number of ether oxygens (including phenoxy) is 2. The molecule has 0 bridgehead atoms. The molecule has 0 aromatic heterocycles. The van der Waals surface area contributed by atoms with Gasteiger partial charge in [0, 0.05) is 5.56 Å². The third kappa shape index (κ3) is 5.74. The van der Waals surface area contributed by atoms with Crippen molar-refractivity contribution in [2.24, 2.45) is 0 Å². The van der Waals surface area contributed by atoms with Crippen molar-refractivity contribution in [2.45, 2.75) is 0 Å². The third-order valence-corrected chi connectivity index (χ3v) is 3.44. The maximum absolute atomic E-state index is 8.63. The average Bonchev–Trinajstić information content (AvgIpc) is 2.68. The molecule has 0 saturated heterocycles. The van der Waals surface area contributed by atoms with Crippen molar-refractivity contribution in [3.8, 4) is 17.2 Å². The Balaban J connectivity index is 0.000000269. The van der Waals surface area contributed by atoms with Gasteiger partial charge in [-0.2, -0.15) is 0 Å². The van der Waals surface area contributed by atoms with Crippen LogP contribution >= 0.6 is 0 Å². The Bertz CT molecular complexity index is 781. The SMILES string of the molecule is COc1cccc(C=Cc2ccccc2)c1OC.Oc1ccccc1. The lowest BCUT2D eigenvalue weighted by Crippen LogP contribution is -1.92. The molecule has 0 aliphatic heterocycles. The molecule has 0 spiro atoms. The standard InChI is InChI=1S/C16H16O2.C6H6O/c1-17-15-10-6-9-14(16(15)18-2)12-11-13-7-4-3-5-8-13;7-6-4-2-1-3-5-6/h3-12H,1-2H3;1-5,7H. The van der Waals surface area contributed by atoms with Crippen LogP contribution in [0, 0.1) is 0 Å². The van der Waals surface area contributed by atoms with Crippen molar-refractivity contribution < 1.29 is 14.6 Å². The number of aromatic hydroxyl groups is 1. The number of hydrogen-bond donors (Lipinski definition) is 1. The normalized spacial score (nSPS) is 10.0. The Morgan fingerprint density at radius 1 is 0.680 bits per heavy atom. The van der Waals surface area contributed by atoms with Gasteiger partial charge in [-0.05, 0) is 23.8 Å². The zero-order chi connectivity index (χ0) is 17.9. The molecular formula is C22H22O3. The van der Waals surface area contributed by atoms with Gasteiger partial charge in [-0.15, -0.1) is 0 Å². The first-order chi connectivity index (χ1) is 12.2. The second-order valence-electron chi connectivity index (χ2n) is 5.16. The summed E-state index contributed by atoms with van der Waals surface area (Å²) < 4.78 is 10.6. The molecule has 0 atom stereocenters. The van der Waals surface area contributed by atoms with E-state index in [2.05, 4.69) is 18.2 Å². The predicted octanol–water partition coefficient (Wildman–Crippen LogP) is 5.27. The fourth-order valence-electron chi connectivity index (χ4n) is 2.22. The zero-order valence-electron chi connectivity index (χ0n) is 14.4. The van der Waals surface area contributed by atoms with Gasteiger partial charge in [-0.1, -0.05) is 72.8 Å². The summed E-state index contributed by atoms with van der Waals surface area (Å²) in [4.78, 5) is 0. The number of benzene rings is 3. The summed E-state index contributed by atoms with van der Waals surface area (Å²) in [5.41, 5.74) is 2.16. The minimum absolute atomic E-state index is 0.322. The lowest BCUT2D eigenvalue weighted by Gasteiger charge is -2.09. The number of phenols is 1. The predicted molar refractivity (Wildman–Crippen MR) is 103 cm³/mol. The molecule has 25 heavy (non-hydrogen) atoms. The molecule has 3 heteroatoms. The van der Waals surface area contributed by atoms with Crippen LogP contribution < -0.4 is 9.47 Å². The van der Waals surface area contributed by atoms with Crippen molar-refractivity contribution in [3.63, 3.8) is 0 Å². The van der Waals surface area contributed by atoms with Gasteiger partial charge in [0.25, 0.3) is 0 Å². The first kappa shape index (κ1) is 18.1. The van der Waals surface area contributed by atoms with Crippen LogP contribution in [-0.2, 0) is 0 Å². The van der Waals surface area contributed by atoms with Crippen LogP contribution in [-0.4, -0.2) is 19.3 Å². The van der Waals surface area contributed by atoms with Gasteiger partial charge in [0.2, 0.25) is 0 Å². The van der Waals surface area contributed by atoms with Gasteiger partial charge in [-0.25, -0.2) is 0 Å². The highest BCUT2D eigenvalue weighted by Gasteiger charge is 2.06. The maximum atomic E-state index is 8.63. The Morgan fingerprint density at radius 2 is 1.32 bits per heavy atom. The van der Waals surface area contributed by atoms with Gasteiger partial charge in [0.05, 0.1) is 14.2 Å². The highest BCUT2D eigenvalue weighted by atomic mass is 16.5. The molecule has 0 unspecified atom stereocenters. The summed E-state index contributed by atoms with van der Waals surface area (Å²) >= 11 is 0. The molecule has 0 amide bonds. The van der Waals surface area contributed by atoms with Gasteiger partial charge >= 0.3 is 0 Å². The van der Waals surface area contributed by atoms with E-state index in [0.29, 0.717) is 5.75 Å². The van der Waals surface area contributed by atoms with E-state index in [9.17, 15) is 0 Å². The van der Waals surface area contributed by atoms with Crippen molar-refractivity contribution in [3.05, 3.63) is 90.0 Å². The van der Waals surface area contributed by atoms with Crippen LogP contribution in [0.5, 0.6) is 17.2 Å². The lowest BCUT2D eigenvalue weighted by atomic mass is 10.1. The van der Waals surface area contributed by atoms with Gasteiger partial charge < -0.3 is 14.6 Å². The Labute approximate surface area is 148 Å². The number of para-hydroxylation sites is 2. The summed E-state index contributed by atoms with van der Waals surface area (Å²) in [5.74, 6) is 1.82. The molecule has 0 aliphatic rings. The smallest absolute Gasteiger partial charge is 0.167 e. The third-order valence-electron chi connectivity index (χ3n) is 3.44. The molecule has 3 rings (SSSR count). The molecule has 3 nitrogen and oxygen atoms in total. The number of methoxy groups -OCH3 is 2. The second kappa shape index (κ2) is 9.83. The van der Waals surface area contributed by atoms with Crippen LogP contribution in [0.1, 0.15) is 11.1 Å². The van der Waals surface area contributed by atoms with Crippen LogP contribution in [0.4, 0.5) is 0 Å². The number of rotatable bonds is 4. The molecule has 0 heterocycles. The maximum Gasteiger partial charge on any atom is 0.167 e. The number of hydrogen-bond acceptors (Lipinski definition) is 3. The van der Waals surface area contributed by atoms with Crippen molar-refractivity contribution in [1.82, 2.24) is 0 Å². The van der Waals surface area contributed by atoms with E-state index in [1.807, 2.05) is 48.5 Å². The molecule has 0 radical (unpaired) electrons. The van der Waals surface area contributed by atoms with E-state index in [4.69, 9.17) is 14.6 Å². The van der Waals surface area contributed by atoms with Gasteiger partial charge in [0.15, 0.2) is 11.5 Å². The molecule has 1 N–H and O–H groups in total. The molecule has 0 aliphatic carbocycles. The van der Waals surface area contributed by atoms with Crippen molar-refractivity contribution >= 4 is 12.2 Å². The summed E-state index contributed by atoms with van der Waals surface area (Å²) in [6.45, 7) is 0.